The van der Waals surface area contributed by atoms with Crippen molar-refractivity contribution in [1.29, 1.82) is 0 Å². The Bertz CT molecular complexity index is 534. The van der Waals surface area contributed by atoms with Crippen molar-refractivity contribution in [3.63, 3.8) is 0 Å². The summed E-state index contributed by atoms with van der Waals surface area (Å²) < 4.78 is 6.93. The Hall–Kier alpha value is -1.65. The number of nitrogens with one attached hydrogen (secondary N) is 1. The molecule has 0 aliphatic rings. The molecule has 0 spiro atoms. The van der Waals surface area contributed by atoms with Gasteiger partial charge in [0.25, 0.3) is 0 Å². The average Bonchev–Trinajstić information content (AvgIpc) is 2.81. The number of methoxy groups -OCH3 is 1. The van der Waals surface area contributed by atoms with E-state index in [4.69, 9.17) is 4.74 Å². The molecule has 1 aromatic carbocycles. The van der Waals surface area contributed by atoms with Gasteiger partial charge < -0.3 is 10.1 Å². The Labute approximate surface area is 114 Å². The monoisotopic (exact) mass is 259 g/mol. The summed E-state index contributed by atoms with van der Waals surface area (Å²) in [6, 6.07) is 6.46. The predicted molar refractivity (Wildman–Crippen MR) is 76.6 cm³/mol. The van der Waals surface area contributed by atoms with E-state index >= 15 is 0 Å². The van der Waals surface area contributed by atoms with E-state index in [1.165, 1.54) is 16.7 Å². The molecule has 2 rings (SSSR count). The first kappa shape index (κ1) is 13.8. The first-order valence-electron chi connectivity index (χ1n) is 6.51. The number of aryl methyl sites for hydroxylation is 2. The van der Waals surface area contributed by atoms with Crippen LogP contribution in [-0.4, -0.2) is 30.0 Å². The summed E-state index contributed by atoms with van der Waals surface area (Å²) in [4.78, 5) is 0. The van der Waals surface area contributed by atoms with Crippen molar-refractivity contribution in [3.8, 4) is 5.69 Å². The lowest BCUT2D eigenvalue weighted by atomic mass is 10.1. The van der Waals surface area contributed by atoms with Crippen molar-refractivity contribution < 1.29 is 4.74 Å². The highest BCUT2D eigenvalue weighted by Gasteiger charge is 2.03. The van der Waals surface area contributed by atoms with E-state index in [0.29, 0.717) is 0 Å². The fraction of sp³-hybridized carbons (Fsp3) is 0.400. The zero-order valence-electron chi connectivity index (χ0n) is 11.8. The molecule has 4 heteroatoms. The van der Waals surface area contributed by atoms with Gasteiger partial charge in [-0.25, -0.2) is 4.68 Å². The summed E-state index contributed by atoms with van der Waals surface area (Å²) in [7, 11) is 1.71. The van der Waals surface area contributed by atoms with E-state index in [0.717, 1.165) is 25.4 Å². The molecule has 19 heavy (non-hydrogen) atoms. The summed E-state index contributed by atoms with van der Waals surface area (Å²) in [5, 5.41) is 7.69. The van der Waals surface area contributed by atoms with Crippen molar-refractivity contribution in [3.05, 3.63) is 47.3 Å². The lowest BCUT2D eigenvalue weighted by Crippen LogP contribution is -2.18. The van der Waals surface area contributed by atoms with Crippen molar-refractivity contribution >= 4 is 0 Å². The number of hydrogen-bond donors (Lipinski definition) is 1. The second-order valence-corrected chi connectivity index (χ2v) is 4.75. The van der Waals surface area contributed by atoms with E-state index in [2.05, 4.69) is 35.5 Å². The van der Waals surface area contributed by atoms with Crippen LogP contribution in [0.25, 0.3) is 5.69 Å². The summed E-state index contributed by atoms with van der Waals surface area (Å²) in [6.07, 6.45) is 3.92. The predicted octanol–water partition coefficient (Wildman–Crippen LogP) is 2.23. The van der Waals surface area contributed by atoms with Crippen LogP contribution in [0.3, 0.4) is 0 Å². The van der Waals surface area contributed by atoms with Crippen LogP contribution in [0, 0.1) is 13.8 Å². The van der Waals surface area contributed by atoms with Crippen LogP contribution in [0.1, 0.15) is 16.7 Å². The largest absolute Gasteiger partial charge is 0.383 e. The topological polar surface area (TPSA) is 39.1 Å². The van der Waals surface area contributed by atoms with E-state index in [9.17, 15) is 0 Å². The number of nitrogens with zero attached hydrogens (tertiary/aromatic N) is 2. The lowest BCUT2D eigenvalue weighted by molar-refractivity contribution is 0.199. The van der Waals surface area contributed by atoms with Gasteiger partial charge in [0.2, 0.25) is 0 Å². The summed E-state index contributed by atoms with van der Waals surface area (Å²) in [6.45, 7) is 6.64. The minimum absolute atomic E-state index is 0.740. The molecule has 0 aliphatic carbocycles. The van der Waals surface area contributed by atoms with E-state index in [-0.39, 0.29) is 0 Å². The van der Waals surface area contributed by atoms with Gasteiger partial charge in [0.05, 0.1) is 18.5 Å². The highest BCUT2D eigenvalue weighted by Crippen LogP contribution is 2.15. The SMILES string of the molecule is COCCNCc1ccc(-n2cc(C)cn2)c(C)c1. The van der Waals surface area contributed by atoms with Crippen LogP contribution in [0.2, 0.25) is 0 Å². The fourth-order valence-corrected chi connectivity index (χ4v) is 2.04. The molecule has 0 radical (unpaired) electrons. The molecule has 1 aromatic heterocycles. The van der Waals surface area contributed by atoms with Crippen molar-refractivity contribution in [2.24, 2.45) is 0 Å². The van der Waals surface area contributed by atoms with Crippen molar-refractivity contribution in [2.75, 3.05) is 20.3 Å². The van der Waals surface area contributed by atoms with Gasteiger partial charge in [0, 0.05) is 26.4 Å². The minimum atomic E-state index is 0.740. The standard InChI is InChI=1S/C15H21N3O/c1-12-9-17-18(11-12)15-5-4-14(8-13(15)2)10-16-6-7-19-3/h4-5,8-9,11,16H,6-7,10H2,1-3H3. The summed E-state index contributed by atoms with van der Waals surface area (Å²) >= 11 is 0. The molecule has 0 atom stereocenters. The first-order valence-corrected chi connectivity index (χ1v) is 6.51. The number of rotatable bonds is 6. The lowest BCUT2D eigenvalue weighted by Gasteiger charge is -2.09. The number of hydrogen-bond acceptors (Lipinski definition) is 3. The third kappa shape index (κ3) is 3.66. The third-order valence-corrected chi connectivity index (χ3v) is 3.03. The van der Waals surface area contributed by atoms with Crippen LogP contribution >= 0.6 is 0 Å². The molecule has 102 valence electrons. The van der Waals surface area contributed by atoms with Gasteiger partial charge in [0.1, 0.15) is 0 Å². The van der Waals surface area contributed by atoms with Gasteiger partial charge in [-0.2, -0.15) is 5.10 Å². The van der Waals surface area contributed by atoms with Crippen LogP contribution in [0.5, 0.6) is 0 Å². The van der Waals surface area contributed by atoms with Crippen LogP contribution < -0.4 is 5.32 Å². The van der Waals surface area contributed by atoms with Crippen molar-refractivity contribution in [1.82, 2.24) is 15.1 Å². The number of aromatic nitrogens is 2. The van der Waals surface area contributed by atoms with E-state index < -0.39 is 0 Å². The number of benzene rings is 1. The van der Waals surface area contributed by atoms with Gasteiger partial charge in [-0.15, -0.1) is 0 Å². The zero-order chi connectivity index (χ0) is 13.7. The Morgan fingerprint density at radius 3 is 2.79 bits per heavy atom. The molecule has 0 saturated carbocycles. The maximum Gasteiger partial charge on any atom is 0.0675 e. The minimum Gasteiger partial charge on any atom is -0.383 e. The van der Waals surface area contributed by atoms with E-state index in [1.54, 1.807) is 7.11 Å². The molecule has 0 unspecified atom stereocenters. The van der Waals surface area contributed by atoms with Gasteiger partial charge >= 0.3 is 0 Å². The molecule has 1 heterocycles. The van der Waals surface area contributed by atoms with Crippen molar-refractivity contribution in [2.45, 2.75) is 20.4 Å². The highest BCUT2D eigenvalue weighted by atomic mass is 16.5. The Kier molecular flexibility index (Phi) is 4.71. The average molecular weight is 259 g/mol. The number of ether oxygens (including phenoxy) is 1. The quantitative estimate of drug-likeness (QED) is 0.809. The second kappa shape index (κ2) is 6.50. The van der Waals surface area contributed by atoms with Crippen LogP contribution in [-0.2, 0) is 11.3 Å². The molecule has 0 amide bonds. The first-order chi connectivity index (χ1) is 9.20. The molecular formula is C15H21N3O. The fourth-order valence-electron chi connectivity index (χ4n) is 2.04. The molecule has 0 saturated heterocycles. The second-order valence-electron chi connectivity index (χ2n) is 4.75. The van der Waals surface area contributed by atoms with Gasteiger partial charge in [0.15, 0.2) is 0 Å². The summed E-state index contributed by atoms with van der Waals surface area (Å²) in [5.74, 6) is 0. The van der Waals surface area contributed by atoms with Gasteiger partial charge in [-0.1, -0.05) is 12.1 Å². The van der Waals surface area contributed by atoms with Crippen LogP contribution in [0.4, 0.5) is 0 Å². The molecule has 0 fully saturated rings. The summed E-state index contributed by atoms with van der Waals surface area (Å²) in [5.41, 5.74) is 4.81. The van der Waals surface area contributed by atoms with E-state index in [1.807, 2.05) is 24.0 Å². The normalized spacial score (nSPS) is 10.9. The zero-order valence-corrected chi connectivity index (χ0v) is 11.8. The molecule has 1 N–H and O–H groups in total. The third-order valence-electron chi connectivity index (χ3n) is 3.03. The molecular weight excluding hydrogens is 238 g/mol. The highest BCUT2D eigenvalue weighted by molar-refractivity contribution is 5.42. The Balaban J connectivity index is 2.05. The van der Waals surface area contributed by atoms with Gasteiger partial charge in [-0.3, -0.25) is 0 Å². The molecule has 0 aliphatic heterocycles. The molecule has 0 bridgehead atoms. The molecule has 4 nitrogen and oxygen atoms in total. The smallest absolute Gasteiger partial charge is 0.0675 e. The van der Waals surface area contributed by atoms with Gasteiger partial charge in [-0.05, 0) is 36.6 Å². The van der Waals surface area contributed by atoms with Crippen LogP contribution in [0.15, 0.2) is 30.6 Å². The Morgan fingerprint density at radius 1 is 1.32 bits per heavy atom. The maximum atomic E-state index is 5.01. The Morgan fingerprint density at radius 2 is 2.16 bits per heavy atom. The molecule has 2 aromatic rings. The maximum absolute atomic E-state index is 5.01.